The number of carbonyl (C=O) groups is 2. The lowest BCUT2D eigenvalue weighted by Gasteiger charge is -2.30. The van der Waals surface area contributed by atoms with Gasteiger partial charge in [-0.25, -0.2) is 0 Å². The monoisotopic (exact) mass is 409 g/mol. The Morgan fingerprint density at radius 2 is 1.70 bits per heavy atom. The molecule has 0 spiro atoms. The molecule has 1 unspecified atom stereocenters. The molecule has 30 heavy (non-hydrogen) atoms. The van der Waals surface area contributed by atoms with Gasteiger partial charge in [0, 0.05) is 38.1 Å². The van der Waals surface area contributed by atoms with Crippen LogP contribution in [-0.2, 0) is 6.54 Å². The second-order valence-electron chi connectivity index (χ2n) is 7.34. The Bertz CT molecular complexity index is 978. The van der Waals surface area contributed by atoms with Crippen molar-refractivity contribution in [3.05, 3.63) is 72.1 Å². The highest BCUT2D eigenvalue weighted by atomic mass is 16.3. The number of furan rings is 2. The topological polar surface area (TPSA) is 78.9 Å². The van der Waals surface area contributed by atoms with Crippen molar-refractivity contribution in [2.24, 2.45) is 0 Å². The molecule has 158 valence electrons. The van der Waals surface area contributed by atoms with Crippen LogP contribution in [0.1, 0.15) is 46.9 Å². The maximum Gasteiger partial charge on any atom is 0.291 e. The van der Waals surface area contributed by atoms with Crippen molar-refractivity contribution in [1.29, 1.82) is 0 Å². The lowest BCUT2D eigenvalue weighted by molar-refractivity contribution is 0.0639. The first-order valence-corrected chi connectivity index (χ1v) is 9.90. The van der Waals surface area contributed by atoms with Crippen LogP contribution in [0.2, 0.25) is 0 Å². The van der Waals surface area contributed by atoms with Gasteiger partial charge in [-0.05, 0) is 61.4 Å². The quantitative estimate of drug-likeness (QED) is 0.587. The molecule has 0 aliphatic rings. The van der Waals surface area contributed by atoms with Gasteiger partial charge in [0.05, 0.1) is 12.5 Å². The average Bonchev–Trinajstić information content (AvgIpc) is 3.45. The van der Waals surface area contributed by atoms with Crippen molar-refractivity contribution in [3.63, 3.8) is 0 Å². The summed E-state index contributed by atoms with van der Waals surface area (Å²) in [5.74, 6) is 0.0597. The summed E-state index contributed by atoms with van der Waals surface area (Å²) in [6.45, 7) is 4.44. The van der Waals surface area contributed by atoms with Crippen molar-refractivity contribution in [1.82, 2.24) is 4.90 Å². The summed E-state index contributed by atoms with van der Waals surface area (Å²) in [5.41, 5.74) is 2.51. The van der Waals surface area contributed by atoms with Crippen LogP contribution in [0.3, 0.4) is 0 Å². The van der Waals surface area contributed by atoms with E-state index in [0.29, 0.717) is 18.0 Å². The van der Waals surface area contributed by atoms with Crippen molar-refractivity contribution in [2.45, 2.75) is 32.9 Å². The zero-order valence-corrected chi connectivity index (χ0v) is 17.7. The van der Waals surface area contributed by atoms with Crippen LogP contribution >= 0.6 is 0 Å². The molecule has 3 aromatic rings. The van der Waals surface area contributed by atoms with Gasteiger partial charge in [-0.15, -0.1) is 0 Å². The molecule has 0 fully saturated rings. The first-order valence-electron chi connectivity index (χ1n) is 9.90. The van der Waals surface area contributed by atoms with Crippen LogP contribution < -0.4 is 10.2 Å². The predicted molar refractivity (Wildman–Crippen MR) is 116 cm³/mol. The van der Waals surface area contributed by atoms with Crippen molar-refractivity contribution in [2.75, 3.05) is 24.3 Å². The fourth-order valence-electron chi connectivity index (χ4n) is 3.20. The zero-order valence-electron chi connectivity index (χ0n) is 17.7. The molecule has 2 aromatic heterocycles. The van der Waals surface area contributed by atoms with Crippen LogP contribution in [0.4, 0.5) is 11.4 Å². The second kappa shape index (κ2) is 9.35. The predicted octanol–water partition coefficient (Wildman–Crippen LogP) is 4.63. The molecule has 1 aromatic carbocycles. The van der Waals surface area contributed by atoms with Crippen LogP contribution in [-0.4, -0.2) is 36.9 Å². The van der Waals surface area contributed by atoms with E-state index >= 15 is 0 Å². The SMILES string of the molecule is CCC(C)N(Cc1cc(NC(=O)c2ccco2)ccc1N(C)C)C(=O)c1ccco1. The number of hydrogen-bond acceptors (Lipinski definition) is 5. The van der Waals surface area contributed by atoms with Gasteiger partial charge in [0.2, 0.25) is 0 Å². The summed E-state index contributed by atoms with van der Waals surface area (Å²) in [6, 6.07) is 12.3. The van der Waals surface area contributed by atoms with E-state index in [-0.39, 0.29) is 23.6 Å². The van der Waals surface area contributed by atoms with Gasteiger partial charge >= 0.3 is 0 Å². The molecule has 1 atom stereocenters. The average molecular weight is 409 g/mol. The Morgan fingerprint density at radius 3 is 2.27 bits per heavy atom. The molecule has 0 saturated heterocycles. The highest BCUT2D eigenvalue weighted by Crippen LogP contribution is 2.27. The third-order valence-corrected chi connectivity index (χ3v) is 5.02. The number of rotatable bonds is 8. The molecule has 0 saturated carbocycles. The molecule has 7 nitrogen and oxygen atoms in total. The normalized spacial score (nSPS) is 11.7. The largest absolute Gasteiger partial charge is 0.459 e. The number of nitrogens with one attached hydrogen (secondary N) is 1. The lowest BCUT2D eigenvalue weighted by Crippen LogP contribution is -2.38. The molecule has 2 heterocycles. The van der Waals surface area contributed by atoms with Crippen molar-refractivity contribution < 1.29 is 18.4 Å². The molecule has 2 amide bonds. The first kappa shape index (κ1) is 21.2. The van der Waals surface area contributed by atoms with E-state index in [1.807, 2.05) is 51.0 Å². The summed E-state index contributed by atoms with van der Waals surface area (Å²) < 4.78 is 10.5. The molecule has 1 N–H and O–H groups in total. The summed E-state index contributed by atoms with van der Waals surface area (Å²) in [7, 11) is 3.89. The minimum absolute atomic E-state index is 0.0129. The van der Waals surface area contributed by atoms with E-state index < -0.39 is 0 Å². The number of hydrogen-bond donors (Lipinski definition) is 1. The van der Waals surface area contributed by atoms with Gasteiger partial charge in [-0.2, -0.15) is 0 Å². The lowest BCUT2D eigenvalue weighted by atomic mass is 10.1. The van der Waals surface area contributed by atoms with Crippen LogP contribution in [0.25, 0.3) is 0 Å². The highest BCUT2D eigenvalue weighted by Gasteiger charge is 2.24. The number of benzene rings is 1. The van der Waals surface area contributed by atoms with Crippen LogP contribution in [0, 0.1) is 0 Å². The minimum Gasteiger partial charge on any atom is -0.459 e. The van der Waals surface area contributed by atoms with E-state index in [1.165, 1.54) is 12.5 Å². The van der Waals surface area contributed by atoms with Gasteiger partial charge in [-0.1, -0.05) is 6.92 Å². The number of carbonyl (C=O) groups excluding carboxylic acids is 2. The maximum absolute atomic E-state index is 13.0. The third-order valence-electron chi connectivity index (χ3n) is 5.02. The van der Waals surface area contributed by atoms with Gasteiger partial charge in [-0.3, -0.25) is 9.59 Å². The standard InChI is InChI=1S/C23H27N3O4/c1-5-16(2)26(23(28)21-9-7-13-30-21)15-17-14-18(10-11-19(17)25(3)4)24-22(27)20-8-6-12-29-20/h6-14,16H,5,15H2,1-4H3,(H,24,27). The molecular formula is C23H27N3O4. The fourth-order valence-corrected chi connectivity index (χ4v) is 3.20. The number of amides is 2. The Kier molecular flexibility index (Phi) is 6.61. The van der Waals surface area contributed by atoms with E-state index in [9.17, 15) is 9.59 Å². The molecule has 0 radical (unpaired) electrons. The summed E-state index contributed by atoms with van der Waals surface area (Å²) in [5, 5.41) is 2.85. The summed E-state index contributed by atoms with van der Waals surface area (Å²) in [6.07, 6.45) is 3.76. The van der Waals surface area contributed by atoms with Crippen molar-refractivity contribution >= 4 is 23.2 Å². The maximum atomic E-state index is 13.0. The highest BCUT2D eigenvalue weighted by molar-refractivity contribution is 6.02. The minimum atomic E-state index is -0.325. The van der Waals surface area contributed by atoms with E-state index in [4.69, 9.17) is 8.83 Å². The zero-order chi connectivity index (χ0) is 21.7. The van der Waals surface area contributed by atoms with Gasteiger partial charge in [0.1, 0.15) is 0 Å². The van der Waals surface area contributed by atoms with Gasteiger partial charge in [0.25, 0.3) is 11.8 Å². The van der Waals surface area contributed by atoms with Gasteiger partial charge in [0.15, 0.2) is 11.5 Å². The number of nitrogens with zero attached hydrogens (tertiary/aromatic N) is 2. The van der Waals surface area contributed by atoms with Crippen molar-refractivity contribution in [3.8, 4) is 0 Å². The van der Waals surface area contributed by atoms with E-state index in [1.54, 1.807) is 29.2 Å². The molecule has 0 bridgehead atoms. The third kappa shape index (κ3) is 4.74. The summed E-state index contributed by atoms with van der Waals surface area (Å²) in [4.78, 5) is 29.2. The Hall–Kier alpha value is -3.48. The Morgan fingerprint density at radius 1 is 1.03 bits per heavy atom. The second-order valence-corrected chi connectivity index (χ2v) is 7.34. The molecule has 3 rings (SSSR count). The van der Waals surface area contributed by atoms with E-state index in [2.05, 4.69) is 5.32 Å². The van der Waals surface area contributed by atoms with Crippen LogP contribution in [0.5, 0.6) is 0 Å². The first-order chi connectivity index (χ1) is 14.4. The molecule has 0 aliphatic heterocycles. The molecular weight excluding hydrogens is 382 g/mol. The fraction of sp³-hybridized carbons (Fsp3) is 0.304. The molecule has 7 heteroatoms. The van der Waals surface area contributed by atoms with Gasteiger partial charge < -0.3 is 24.0 Å². The van der Waals surface area contributed by atoms with E-state index in [0.717, 1.165) is 17.7 Å². The Labute approximate surface area is 176 Å². The summed E-state index contributed by atoms with van der Waals surface area (Å²) >= 11 is 0. The molecule has 0 aliphatic carbocycles. The van der Waals surface area contributed by atoms with Crippen LogP contribution in [0.15, 0.2) is 63.8 Å². The smallest absolute Gasteiger partial charge is 0.291 e. The number of anilines is 2. The Balaban J connectivity index is 1.90.